The summed E-state index contributed by atoms with van der Waals surface area (Å²) in [5.74, 6) is -0.298. The van der Waals surface area contributed by atoms with Crippen LogP contribution in [0.4, 0.5) is 4.39 Å². The molecule has 1 aromatic heterocycles. The molecule has 4 heteroatoms. The normalized spacial score (nSPS) is 11.8. The standard InChI is InChI=1S/C15H14FN3/c1-11(13-4-6-18-7-5-13)19-10-14-8-12(9-17)2-3-15(14)16/h2-8,11,19H,10H2,1H3. The maximum absolute atomic E-state index is 13.6. The van der Waals surface area contributed by atoms with Crippen molar-refractivity contribution in [1.29, 1.82) is 5.26 Å². The molecule has 1 unspecified atom stereocenters. The number of aromatic nitrogens is 1. The molecule has 1 aromatic carbocycles. The highest BCUT2D eigenvalue weighted by Gasteiger charge is 2.07. The monoisotopic (exact) mass is 255 g/mol. The van der Waals surface area contributed by atoms with Gasteiger partial charge in [-0.1, -0.05) is 0 Å². The fourth-order valence-electron chi connectivity index (χ4n) is 1.81. The quantitative estimate of drug-likeness (QED) is 0.913. The van der Waals surface area contributed by atoms with Gasteiger partial charge in [-0.25, -0.2) is 4.39 Å². The lowest BCUT2D eigenvalue weighted by Gasteiger charge is -2.14. The molecule has 1 N–H and O–H groups in total. The predicted octanol–water partition coefficient (Wildman–Crippen LogP) is 2.94. The summed E-state index contributed by atoms with van der Waals surface area (Å²) in [7, 11) is 0. The van der Waals surface area contributed by atoms with Gasteiger partial charge in [0.15, 0.2) is 0 Å². The van der Waals surface area contributed by atoms with Crippen molar-refractivity contribution in [3.8, 4) is 6.07 Å². The van der Waals surface area contributed by atoms with Crippen molar-refractivity contribution < 1.29 is 4.39 Å². The van der Waals surface area contributed by atoms with E-state index < -0.39 is 0 Å². The fraction of sp³-hybridized carbons (Fsp3) is 0.200. The van der Waals surface area contributed by atoms with Crippen LogP contribution in [0.3, 0.4) is 0 Å². The van der Waals surface area contributed by atoms with Crippen LogP contribution < -0.4 is 5.32 Å². The summed E-state index contributed by atoms with van der Waals surface area (Å²) in [6.07, 6.45) is 3.45. The first-order valence-corrected chi connectivity index (χ1v) is 6.02. The van der Waals surface area contributed by atoms with Crippen LogP contribution in [-0.2, 0) is 6.54 Å². The second kappa shape index (κ2) is 6.07. The maximum atomic E-state index is 13.6. The third-order valence-electron chi connectivity index (χ3n) is 2.98. The van der Waals surface area contributed by atoms with Gasteiger partial charge in [-0.15, -0.1) is 0 Å². The Morgan fingerprint density at radius 1 is 1.32 bits per heavy atom. The Bertz CT molecular complexity index is 590. The molecule has 2 aromatic rings. The van der Waals surface area contributed by atoms with E-state index in [9.17, 15) is 4.39 Å². The molecule has 0 aliphatic carbocycles. The molecule has 0 aliphatic rings. The van der Waals surface area contributed by atoms with Crippen LogP contribution in [0.2, 0.25) is 0 Å². The van der Waals surface area contributed by atoms with E-state index in [1.807, 2.05) is 25.1 Å². The van der Waals surface area contributed by atoms with E-state index in [0.717, 1.165) is 5.56 Å². The number of nitrogens with one attached hydrogen (secondary N) is 1. The maximum Gasteiger partial charge on any atom is 0.127 e. The zero-order valence-corrected chi connectivity index (χ0v) is 10.6. The van der Waals surface area contributed by atoms with Crippen molar-refractivity contribution in [2.24, 2.45) is 0 Å². The molecule has 3 nitrogen and oxygen atoms in total. The minimum absolute atomic E-state index is 0.0909. The number of nitrogens with zero attached hydrogens (tertiary/aromatic N) is 2. The summed E-state index contributed by atoms with van der Waals surface area (Å²) in [5, 5.41) is 12.0. The largest absolute Gasteiger partial charge is 0.306 e. The highest BCUT2D eigenvalue weighted by Crippen LogP contribution is 2.14. The fourth-order valence-corrected chi connectivity index (χ4v) is 1.81. The molecular formula is C15H14FN3. The first kappa shape index (κ1) is 13.2. The van der Waals surface area contributed by atoms with Crippen molar-refractivity contribution in [2.75, 3.05) is 0 Å². The third kappa shape index (κ3) is 3.36. The molecule has 96 valence electrons. The van der Waals surface area contributed by atoms with Gasteiger partial charge >= 0.3 is 0 Å². The number of pyridine rings is 1. The zero-order chi connectivity index (χ0) is 13.7. The molecule has 0 saturated carbocycles. The van der Waals surface area contributed by atoms with Crippen molar-refractivity contribution in [2.45, 2.75) is 19.5 Å². The van der Waals surface area contributed by atoms with E-state index in [-0.39, 0.29) is 11.9 Å². The number of halogens is 1. The van der Waals surface area contributed by atoms with Gasteiger partial charge in [0.2, 0.25) is 0 Å². The highest BCUT2D eigenvalue weighted by molar-refractivity contribution is 5.33. The van der Waals surface area contributed by atoms with Gasteiger partial charge in [0, 0.05) is 30.5 Å². The van der Waals surface area contributed by atoms with Gasteiger partial charge in [-0.05, 0) is 42.8 Å². The van der Waals surface area contributed by atoms with Crippen molar-refractivity contribution in [3.63, 3.8) is 0 Å². The SMILES string of the molecule is CC(NCc1cc(C#N)ccc1F)c1ccncc1. The smallest absolute Gasteiger partial charge is 0.127 e. The summed E-state index contributed by atoms with van der Waals surface area (Å²) < 4.78 is 13.6. The van der Waals surface area contributed by atoms with Crippen LogP contribution in [0.15, 0.2) is 42.7 Å². The summed E-state index contributed by atoms with van der Waals surface area (Å²) in [4.78, 5) is 3.96. The molecule has 0 amide bonds. The lowest BCUT2D eigenvalue weighted by molar-refractivity contribution is 0.544. The van der Waals surface area contributed by atoms with Gasteiger partial charge < -0.3 is 5.32 Å². The molecule has 0 fully saturated rings. The minimum Gasteiger partial charge on any atom is -0.306 e. The molecule has 2 rings (SSSR count). The van der Waals surface area contributed by atoms with Gasteiger partial charge in [0.1, 0.15) is 5.82 Å². The lowest BCUT2D eigenvalue weighted by Crippen LogP contribution is -2.18. The molecule has 0 saturated heterocycles. The van der Waals surface area contributed by atoms with E-state index in [1.54, 1.807) is 18.5 Å². The van der Waals surface area contributed by atoms with Crippen molar-refractivity contribution in [3.05, 3.63) is 65.2 Å². The Morgan fingerprint density at radius 3 is 2.74 bits per heavy atom. The number of nitriles is 1. The lowest BCUT2D eigenvalue weighted by atomic mass is 10.1. The Morgan fingerprint density at radius 2 is 2.05 bits per heavy atom. The van der Waals surface area contributed by atoms with Gasteiger partial charge in [0.25, 0.3) is 0 Å². The van der Waals surface area contributed by atoms with Crippen molar-refractivity contribution in [1.82, 2.24) is 10.3 Å². The van der Waals surface area contributed by atoms with Gasteiger partial charge in [-0.3, -0.25) is 4.98 Å². The molecule has 0 radical (unpaired) electrons. The molecule has 1 heterocycles. The number of hydrogen-bond donors (Lipinski definition) is 1. The molecular weight excluding hydrogens is 241 g/mol. The summed E-state index contributed by atoms with van der Waals surface area (Å²) >= 11 is 0. The predicted molar refractivity (Wildman–Crippen MR) is 70.6 cm³/mol. The van der Waals surface area contributed by atoms with Crippen LogP contribution in [0.25, 0.3) is 0 Å². The number of benzene rings is 1. The second-order valence-corrected chi connectivity index (χ2v) is 4.30. The van der Waals surface area contributed by atoms with Crippen LogP contribution in [0.5, 0.6) is 0 Å². The average Bonchev–Trinajstić information content (AvgIpc) is 2.47. The van der Waals surface area contributed by atoms with E-state index in [2.05, 4.69) is 10.3 Å². The Kier molecular flexibility index (Phi) is 4.22. The van der Waals surface area contributed by atoms with Gasteiger partial charge in [-0.2, -0.15) is 5.26 Å². The van der Waals surface area contributed by atoms with Crippen LogP contribution >= 0.6 is 0 Å². The van der Waals surface area contributed by atoms with E-state index in [4.69, 9.17) is 5.26 Å². The summed E-state index contributed by atoms with van der Waals surface area (Å²) in [5.41, 5.74) is 2.06. The van der Waals surface area contributed by atoms with Crippen molar-refractivity contribution >= 4 is 0 Å². The number of hydrogen-bond acceptors (Lipinski definition) is 3. The van der Waals surface area contributed by atoms with E-state index in [0.29, 0.717) is 17.7 Å². The van der Waals surface area contributed by atoms with Gasteiger partial charge in [0.05, 0.1) is 11.6 Å². The first-order valence-electron chi connectivity index (χ1n) is 6.02. The summed E-state index contributed by atoms with van der Waals surface area (Å²) in [6, 6.07) is 10.3. The average molecular weight is 255 g/mol. The topological polar surface area (TPSA) is 48.7 Å². The van der Waals surface area contributed by atoms with E-state index in [1.165, 1.54) is 12.1 Å². The van der Waals surface area contributed by atoms with Crippen LogP contribution in [-0.4, -0.2) is 4.98 Å². The highest BCUT2D eigenvalue weighted by atomic mass is 19.1. The number of rotatable bonds is 4. The first-order chi connectivity index (χ1) is 9.20. The molecule has 0 spiro atoms. The zero-order valence-electron chi connectivity index (χ0n) is 10.6. The third-order valence-corrected chi connectivity index (χ3v) is 2.98. The second-order valence-electron chi connectivity index (χ2n) is 4.30. The molecule has 0 bridgehead atoms. The molecule has 19 heavy (non-hydrogen) atoms. The van der Waals surface area contributed by atoms with E-state index >= 15 is 0 Å². The Balaban J connectivity index is 2.05. The molecule has 1 atom stereocenters. The molecule has 0 aliphatic heterocycles. The van der Waals surface area contributed by atoms with Crippen LogP contribution in [0.1, 0.15) is 29.7 Å². The Labute approximate surface area is 111 Å². The summed E-state index contributed by atoms with van der Waals surface area (Å²) in [6.45, 7) is 2.38. The Hall–Kier alpha value is -2.25. The minimum atomic E-state index is -0.298. The van der Waals surface area contributed by atoms with Crippen LogP contribution in [0, 0.1) is 17.1 Å².